The highest BCUT2D eigenvalue weighted by Gasteiger charge is 2.24. The van der Waals surface area contributed by atoms with E-state index >= 15 is 0 Å². The van der Waals surface area contributed by atoms with Crippen LogP contribution < -0.4 is 5.32 Å². The van der Waals surface area contributed by atoms with Gasteiger partial charge >= 0.3 is 0 Å². The Hall–Kier alpha value is -0.0800. The highest BCUT2D eigenvalue weighted by Crippen LogP contribution is 2.33. The van der Waals surface area contributed by atoms with Crippen LogP contribution in [0.1, 0.15) is 65.2 Å². The van der Waals surface area contributed by atoms with Crippen molar-refractivity contribution in [2.24, 2.45) is 5.41 Å². The van der Waals surface area contributed by atoms with Gasteiger partial charge < -0.3 is 10.1 Å². The first-order chi connectivity index (χ1) is 8.16. The molecule has 2 heteroatoms. The summed E-state index contributed by atoms with van der Waals surface area (Å²) in [5.41, 5.74) is 0.567. The molecule has 17 heavy (non-hydrogen) atoms. The highest BCUT2D eigenvalue weighted by atomic mass is 16.5. The zero-order chi connectivity index (χ0) is 12.1. The largest absolute Gasteiger partial charge is 0.377 e. The summed E-state index contributed by atoms with van der Waals surface area (Å²) in [5, 5.41) is 3.74. The van der Waals surface area contributed by atoms with E-state index in [0.717, 1.165) is 19.2 Å². The molecule has 1 aliphatic carbocycles. The van der Waals surface area contributed by atoms with Gasteiger partial charge in [0.05, 0.1) is 6.10 Å². The van der Waals surface area contributed by atoms with E-state index in [1.54, 1.807) is 0 Å². The molecule has 0 amide bonds. The topological polar surface area (TPSA) is 21.3 Å². The molecule has 0 spiro atoms. The van der Waals surface area contributed by atoms with E-state index in [1.807, 2.05) is 0 Å². The molecule has 0 radical (unpaired) electrons. The fourth-order valence-electron chi connectivity index (χ4n) is 3.13. The van der Waals surface area contributed by atoms with E-state index < -0.39 is 0 Å². The van der Waals surface area contributed by atoms with Crippen molar-refractivity contribution in [3.8, 4) is 0 Å². The maximum atomic E-state index is 5.78. The number of hydrogen-bond acceptors (Lipinski definition) is 2. The Morgan fingerprint density at radius 1 is 1.06 bits per heavy atom. The zero-order valence-electron chi connectivity index (χ0n) is 11.6. The predicted octanol–water partition coefficient (Wildman–Crippen LogP) is 3.50. The van der Waals surface area contributed by atoms with Crippen LogP contribution in [0.5, 0.6) is 0 Å². The van der Waals surface area contributed by atoms with E-state index in [1.165, 1.54) is 51.4 Å². The van der Waals surface area contributed by atoms with Crippen molar-refractivity contribution in [3.63, 3.8) is 0 Å². The second kappa shape index (κ2) is 6.19. The Kier molecular flexibility index (Phi) is 4.87. The third kappa shape index (κ3) is 4.59. The van der Waals surface area contributed by atoms with Gasteiger partial charge in [-0.15, -0.1) is 0 Å². The third-order valence-corrected chi connectivity index (χ3v) is 4.48. The van der Waals surface area contributed by atoms with Crippen molar-refractivity contribution in [1.82, 2.24) is 5.32 Å². The molecule has 0 aromatic heterocycles. The first kappa shape index (κ1) is 13.4. The molecule has 0 aromatic rings. The minimum Gasteiger partial charge on any atom is -0.377 e. The summed E-state index contributed by atoms with van der Waals surface area (Å²) in [4.78, 5) is 0. The Morgan fingerprint density at radius 2 is 1.94 bits per heavy atom. The zero-order valence-corrected chi connectivity index (χ0v) is 11.6. The van der Waals surface area contributed by atoms with E-state index in [2.05, 4.69) is 19.2 Å². The normalized spacial score (nSPS) is 34.2. The van der Waals surface area contributed by atoms with Crippen LogP contribution in [0.25, 0.3) is 0 Å². The smallest absolute Gasteiger partial charge is 0.0699 e. The molecule has 0 aromatic carbocycles. The fraction of sp³-hybridized carbons (Fsp3) is 1.00. The lowest BCUT2D eigenvalue weighted by atomic mass is 9.85. The molecule has 1 aliphatic heterocycles. The number of rotatable bonds is 3. The summed E-state index contributed by atoms with van der Waals surface area (Å²) in [6, 6.07) is 0.738. The summed E-state index contributed by atoms with van der Waals surface area (Å²) in [6.07, 6.45) is 11.2. The number of nitrogens with one attached hydrogen (secondary N) is 1. The summed E-state index contributed by atoms with van der Waals surface area (Å²) in [6.45, 7) is 6.88. The second-order valence-electron chi connectivity index (χ2n) is 6.69. The van der Waals surface area contributed by atoms with E-state index in [4.69, 9.17) is 4.74 Å². The van der Waals surface area contributed by atoms with Gasteiger partial charge in [0.25, 0.3) is 0 Å². The van der Waals surface area contributed by atoms with Crippen LogP contribution >= 0.6 is 0 Å². The number of ether oxygens (including phenoxy) is 1. The average Bonchev–Trinajstić information content (AvgIpc) is 2.49. The van der Waals surface area contributed by atoms with Gasteiger partial charge in [0.2, 0.25) is 0 Å². The SMILES string of the molecule is CC1(C)CCCC(NCC2CCCCO2)CC1. The summed E-state index contributed by atoms with van der Waals surface area (Å²) >= 11 is 0. The van der Waals surface area contributed by atoms with E-state index in [9.17, 15) is 0 Å². The van der Waals surface area contributed by atoms with Gasteiger partial charge in [-0.2, -0.15) is 0 Å². The summed E-state index contributed by atoms with van der Waals surface area (Å²) in [7, 11) is 0. The molecule has 2 atom stereocenters. The van der Waals surface area contributed by atoms with Gasteiger partial charge in [0, 0.05) is 19.2 Å². The van der Waals surface area contributed by atoms with Crippen molar-refractivity contribution in [2.75, 3.05) is 13.2 Å². The monoisotopic (exact) mass is 239 g/mol. The maximum Gasteiger partial charge on any atom is 0.0699 e. The lowest BCUT2D eigenvalue weighted by molar-refractivity contribution is 0.0150. The molecule has 2 rings (SSSR count). The van der Waals surface area contributed by atoms with Crippen molar-refractivity contribution >= 4 is 0 Å². The van der Waals surface area contributed by atoms with Crippen LogP contribution in [0.15, 0.2) is 0 Å². The Balaban J connectivity index is 1.68. The van der Waals surface area contributed by atoms with Crippen LogP contribution in [-0.4, -0.2) is 25.3 Å². The van der Waals surface area contributed by atoms with E-state index in [0.29, 0.717) is 11.5 Å². The molecule has 2 nitrogen and oxygen atoms in total. The minimum atomic E-state index is 0.486. The quantitative estimate of drug-likeness (QED) is 0.761. The van der Waals surface area contributed by atoms with Crippen LogP contribution in [0.4, 0.5) is 0 Å². The van der Waals surface area contributed by atoms with Gasteiger partial charge in [-0.25, -0.2) is 0 Å². The van der Waals surface area contributed by atoms with Gasteiger partial charge in [-0.3, -0.25) is 0 Å². The standard InChI is InChI=1S/C15H29NO/c1-15(2)9-5-6-13(8-10-15)16-12-14-7-3-4-11-17-14/h13-14,16H,3-12H2,1-2H3. The van der Waals surface area contributed by atoms with Crippen molar-refractivity contribution in [1.29, 1.82) is 0 Å². The Morgan fingerprint density at radius 3 is 2.71 bits per heavy atom. The van der Waals surface area contributed by atoms with Gasteiger partial charge in [0.1, 0.15) is 0 Å². The molecule has 100 valence electrons. The van der Waals surface area contributed by atoms with Crippen LogP contribution in [0.2, 0.25) is 0 Å². The average molecular weight is 239 g/mol. The number of hydrogen-bond donors (Lipinski definition) is 1. The first-order valence-electron chi connectivity index (χ1n) is 7.51. The molecule has 1 heterocycles. The molecule has 1 N–H and O–H groups in total. The lowest BCUT2D eigenvalue weighted by Gasteiger charge is -2.26. The predicted molar refractivity (Wildman–Crippen MR) is 72.2 cm³/mol. The van der Waals surface area contributed by atoms with Crippen LogP contribution in [0.3, 0.4) is 0 Å². The summed E-state index contributed by atoms with van der Waals surface area (Å²) < 4.78 is 5.78. The summed E-state index contributed by atoms with van der Waals surface area (Å²) in [5.74, 6) is 0. The molecule has 2 fully saturated rings. The maximum absolute atomic E-state index is 5.78. The highest BCUT2D eigenvalue weighted by molar-refractivity contribution is 4.80. The second-order valence-corrected chi connectivity index (χ2v) is 6.69. The Labute approximate surface area is 107 Å². The molecular weight excluding hydrogens is 210 g/mol. The van der Waals surface area contributed by atoms with Gasteiger partial charge in [-0.05, 0) is 50.4 Å². The molecule has 1 saturated heterocycles. The van der Waals surface area contributed by atoms with Crippen LogP contribution in [0, 0.1) is 5.41 Å². The Bertz CT molecular complexity index is 221. The first-order valence-corrected chi connectivity index (χ1v) is 7.51. The van der Waals surface area contributed by atoms with Crippen molar-refractivity contribution in [3.05, 3.63) is 0 Å². The minimum absolute atomic E-state index is 0.486. The molecular formula is C15H29NO. The molecule has 1 saturated carbocycles. The molecule has 2 aliphatic rings. The molecule has 2 unspecified atom stereocenters. The van der Waals surface area contributed by atoms with Crippen LogP contribution in [-0.2, 0) is 4.74 Å². The molecule has 0 bridgehead atoms. The van der Waals surface area contributed by atoms with Gasteiger partial charge in [-0.1, -0.05) is 20.3 Å². The van der Waals surface area contributed by atoms with Crippen molar-refractivity contribution in [2.45, 2.75) is 77.4 Å². The fourth-order valence-corrected chi connectivity index (χ4v) is 3.13. The third-order valence-electron chi connectivity index (χ3n) is 4.48. The lowest BCUT2D eigenvalue weighted by Crippen LogP contribution is -2.38. The van der Waals surface area contributed by atoms with E-state index in [-0.39, 0.29) is 0 Å². The van der Waals surface area contributed by atoms with Crippen molar-refractivity contribution < 1.29 is 4.74 Å². The van der Waals surface area contributed by atoms with Gasteiger partial charge in [0.15, 0.2) is 0 Å².